The molecular formula is C13H18INO. The Morgan fingerprint density at radius 2 is 2.19 bits per heavy atom. The van der Waals surface area contributed by atoms with Crippen molar-refractivity contribution >= 4 is 22.6 Å². The zero-order valence-corrected chi connectivity index (χ0v) is 11.7. The molecule has 0 aromatic heterocycles. The maximum Gasteiger partial charge on any atom is 0.0726 e. The summed E-state index contributed by atoms with van der Waals surface area (Å²) >= 11 is 2.33. The van der Waals surface area contributed by atoms with Gasteiger partial charge in [-0.2, -0.15) is 0 Å². The van der Waals surface area contributed by atoms with Crippen molar-refractivity contribution in [2.75, 3.05) is 6.61 Å². The molecule has 0 aliphatic carbocycles. The van der Waals surface area contributed by atoms with Crippen molar-refractivity contribution in [3.63, 3.8) is 0 Å². The van der Waals surface area contributed by atoms with Gasteiger partial charge in [-0.05, 0) is 60.1 Å². The summed E-state index contributed by atoms with van der Waals surface area (Å²) in [5.41, 5.74) is 1.34. The first-order valence-corrected chi connectivity index (χ1v) is 6.93. The van der Waals surface area contributed by atoms with E-state index >= 15 is 0 Å². The summed E-state index contributed by atoms with van der Waals surface area (Å²) in [5.74, 6) is 0. The summed E-state index contributed by atoms with van der Waals surface area (Å²) in [7, 11) is 0. The van der Waals surface area contributed by atoms with Gasteiger partial charge in [0.1, 0.15) is 0 Å². The minimum atomic E-state index is 0.406. The molecule has 0 radical (unpaired) electrons. The van der Waals surface area contributed by atoms with Crippen molar-refractivity contribution in [3.8, 4) is 0 Å². The van der Waals surface area contributed by atoms with Crippen molar-refractivity contribution < 1.29 is 4.74 Å². The lowest BCUT2D eigenvalue weighted by molar-refractivity contribution is 0.0832. The van der Waals surface area contributed by atoms with Crippen LogP contribution in [0.15, 0.2) is 24.3 Å². The number of ether oxygens (including phenoxy) is 1. The van der Waals surface area contributed by atoms with E-state index in [1.54, 1.807) is 0 Å². The highest BCUT2D eigenvalue weighted by Crippen LogP contribution is 2.15. The zero-order chi connectivity index (χ0) is 11.4. The highest BCUT2D eigenvalue weighted by atomic mass is 127. The Kier molecular flexibility index (Phi) is 4.61. The molecule has 88 valence electrons. The van der Waals surface area contributed by atoms with Gasteiger partial charge in [0.05, 0.1) is 6.10 Å². The van der Waals surface area contributed by atoms with Gasteiger partial charge in [0.15, 0.2) is 0 Å². The Hall–Kier alpha value is -0.130. The molecule has 1 N–H and O–H groups in total. The average Bonchev–Trinajstić information content (AvgIpc) is 2.81. The standard InChI is InChI=1S/C13H18INO/c1-10(13-3-2-8-16-13)15-9-11-4-6-12(14)7-5-11/h4-7,10,13,15H,2-3,8-9H2,1H3. The molecule has 1 aliphatic rings. The van der Waals surface area contributed by atoms with Crippen molar-refractivity contribution in [1.29, 1.82) is 0 Å². The van der Waals surface area contributed by atoms with Crippen molar-refractivity contribution in [2.45, 2.75) is 38.5 Å². The third-order valence-corrected chi connectivity index (χ3v) is 3.78. The first kappa shape index (κ1) is 12.3. The average molecular weight is 331 g/mol. The van der Waals surface area contributed by atoms with Crippen LogP contribution in [-0.2, 0) is 11.3 Å². The Morgan fingerprint density at radius 1 is 1.44 bits per heavy atom. The van der Waals surface area contributed by atoms with Gasteiger partial charge < -0.3 is 10.1 Å². The molecule has 16 heavy (non-hydrogen) atoms. The molecule has 2 nitrogen and oxygen atoms in total. The fourth-order valence-corrected chi connectivity index (χ4v) is 2.37. The summed E-state index contributed by atoms with van der Waals surface area (Å²) in [6.07, 6.45) is 2.81. The van der Waals surface area contributed by atoms with Crippen LogP contribution >= 0.6 is 22.6 Å². The van der Waals surface area contributed by atoms with E-state index in [4.69, 9.17) is 4.74 Å². The van der Waals surface area contributed by atoms with Gasteiger partial charge in [0.2, 0.25) is 0 Å². The topological polar surface area (TPSA) is 21.3 Å². The summed E-state index contributed by atoms with van der Waals surface area (Å²) < 4.78 is 6.94. The predicted octanol–water partition coefficient (Wildman–Crippen LogP) is 2.95. The number of nitrogens with one attached hydrogen (secondary N) is 1. The fraction of sp³-hybridized carbons (Fsp3) is 0.538. The minimum Gasteiger partial charge on any atom is -0.377 e. The van der Waals surface area contributed by atoms with E-state index in [0.29, 0.717) is 12.1 Å². The predicted molar refractivity (Wildman–Crippen MR) is 74.4 cm³/mol. The summed E-state index contributed by atoms with van der Waals surface area (Å²) in [4.78, 5) is 0. The molecular weight excluding hydrogens is 313 g/mol. The Balaban J connectivity index is 1.80. The number of halogens is 1. The molecule has 1 saturated heterocycles. The molecule has 1 aromatic rings. The third-order valence-electron chi connectivity index (χ3n) is 3.06. The number of benzene rings is 1. The molecule has 3 heteroatoms. The second-order valence-corrected chi connectivity index (χ2v) is 5.59. The normalized spacial score (nSPS) is 22.2. The quantitative estimate of drug-likeness (QED) is 0.857. The van der Waals surface area contributed by atoms with Crippen LogP contribution in [-0.4, -0.2) is 18.8 Å². The van der Waals surface area contributed by atoms with Crippen LogP contribution in [0.3, 0.4) is 0 Å². The third kappa shape index (κ3) is 3.43. The van der Waals surface area contributed by atoms with Crippen LogP contribution in [0.4, 0.5) is 0 Å². The molecule has 1 aromatic carbocycles. The Bertz CT molecular complexity index is 319. The number of rotatable bonds is 4. The van der Waals surface area contributed by atoms with Gasteiger partial charge in [-0.25, -0.2) is 0 Å². The maximum atomic E-state index is 5.66. The second kappa shape index (κ2) is 5.98. The molecule has 1 aliphatic heterocycles. The fourth-order valence-electron chi connectivity index (χ4n) is 2.01. The largest absolute Gasteiger partial charge is 0.377 e. The highest BCUT2D eigenvalue weighted by Gasteiger charge is 2.21. The van der Waals surface area contributed by atoms with E-state index in [-0.39, 0.29) is 0 Å². The van der Waals surface area contributed by atoms with E-state index in [1.807, 2.05) is 0 Å². The summed E-state index contributed by atoms with van der Waals surface area (Å²) in [5, 5.41) is 3.53. The molecule has 0 saturated carbocycles. The Labute approximate surface area is 111 Å². The van der Waals surface area contributed by atoms with Gasteiger partial charge in [-0.15, -0.1) is 0 Å². The highest BCUT2D eigenvalue weighted by molar-refractivity contribution is 14.1. The van der Waals surface area contributed by atoms with Crippen molar-refractivity contribution in [3.05, 3.63) is 33.4 Å². The van der Waals surface area contributed by atoms with E-state index < -0.39 is 0 Å². The van der Waals surface area contributed by atoms with Gasteiger partial charge in [-0.3, -0.25) is 0 Å². The zero-order valence-electron chi connectivity index (χ0n) is 9.58. The lowest BCUT2D eigenvalue weighted by Gasteiger charge is -2.20. The number of hydrogen-bond donors (Lipinski definition) is 1. The number of hydrogen-bond acceptors (Lipinski definition) is 2. The van der Waals surface area contributed by atoms with Crippen LogP contribution in [0, 0.1) is 3.57 Å². The molecule has 0 amide bonds. The molecule has 0 spiro atoms. The summed E-state index contributed by atoms with van der Waals surface area (Å²) in [6, 6.07) is 9.10. The van der Waals surface area contributed by atoms with E-state index in [2.05, 4.69) is 59.1 Å². The second-order valence-electron chi connectivity index (χ2n) is 4.35. The molecule has 2 unspecified atom stereocenters. The summed E-state index contributed by atoms with van der Waals surface area (Å²) in [6.45, 7) is 4.07. The van der Waals surface area contributed by atoms with Crippen LogP contribution in [0.25, 0.3) is 0 Å². The lowest BCUT2D eigenvalue weighted by atomic mass is 10.1. The van der Waals surface area contributed by atoms with Gasteiger partial charge in [0.25, 0.3) is 0 Å². The van der Waals surface area contributed by atoms with Gasteiger partial charge in [-0.1, -0.05) is 12.1 Å². The Morgan fingerprint density at radius 3 is 2.81 bits per heavy atom. The SMILES string of the molecule is CC(NCc1ccc(I)cc1)C1CCCO1. The first-order valence-electron chi connectivity index (χ1n) is 5.85. The van der Waals surface area contributed by atoms with E-state index in [1.165, 1.54) is 22.0 Å². The van der Waals surface area contributed by atoms with Crippen LogP contribution in [0.1, 0.15) is 25.3 Å². The van der Waals surface area contributed by atoms with E-state index in [9.17, 15) is 0 Å². The lowest BCUT2D eigenvalue weighted by Crippen LogP contribution is -2.36. The van der Waals surface area contributed by atoms with Crippen LogP contribution in [0.5, 0.6) is 0 Å². The molecule has 2 atom stereocenters. The molecule has 1 fully saturated rings. The van der Waals surface area contributed by atoms with E-state index in [0.717, 1.165) is 13.2 Å². The molecule has 0 bridgehead atoms. The minimum absolute atomic E-state index is 0.406. The monoisotopic (exact) mass is 331 g/mol. The molecule has 1 heterocycles. The van der Waals surface area contributed by atoms with Gasteiger partial charge in [0, 0.05) is 22.8 Å². The van der Waals surface area contributed by atoms with Crippen LogP contribution < -0.4 is 5.32 Å². The first-order chi connectivity index (χ1) is 7.75. The van der Waals surface area contributed by atoms with Crippen molar-refractivity contribution in [1.82, 2.24) is 5.32 Å². The maximum absolute atomic E-state index is 5.66. The van der Waals surface area contributed by atoms with Crippen LogP contribution in [0.2, 0.25) is 0 Å². The molecule has 2 rings (SSSR count). The smallest absolute Gasteiger partial charge is 0.0726 e. The van der Waals surface area contributed by atoms with Gasteiger partial charge >= 0.3 is 0 Å². The van der Waals surface area contributed by atoms with Crippen molar-refractivity contribution in [2.24, 2.45) is 0 Å².